The van der Waals surface area contributed by atoms with Crippen molar-refractivity contribution in [2.75, 3.05) is 5.88 Å². The standard InChI is InChI=1S/C12H15ClO4/c1-6-3-9(7(2)14)10(15)4-8(6)12(17)11(16)5-13/h3-4,11-12,15-17H,5H2,1-2H3. The van der Waals surface area contributed by atoms with E-state index in [1.807, 2.05) is 0 Å². The summed E-state index contributed by atoms with van der Waals surface area (Å²) in [6.07, 6.45) is -2.29. The Labute approximate surface area is 104 Å². The number of benzene rings is 1. The molecule has 0 saturated carbocycles. The van der Waals surface area contributed by atoms with Crippen LogP contribution in [0, 0.1) is 6.92 Å². The maximum atomic E-state index is 11.2. The van der Waals surface area contributed by atoms with E-state index in [0.717, 1.165) is 0 Å². The highest BCUT2D eigenvalue weighted by Crippen LogP contribution is 2.28. The lowest BCUT2D eigenvalue weighted by atomic mass is 9.96. The second-order valence-electron chi connectivity index (χ2n) is 3.95. The molecule has 0 aromatic heterocycles. The first-order valence-corrected chi connectivity index (χ1v) is 5.68. The van der Waals surface area contributed by atoms with Gasteiger partial charge in [-0.2, -0.15) is 0 Å². The van der Waals surface area contributed by atoms with Gasteiger partial charge in [-0.05, 0) is 37.1 Å². The maximum Gasteiger partial charge on any atom is 0.163 e. The zero-order chi connectivity index (χ0) is 13.2. The highest BCUT2D eigenvalue weighted by molar-refractivity contribution is 6.18. The van der Waals surface area contributed by atoms with Crippen LogP contribution < -0.4 is 0 Å². The van der Waals surface area contributed by atoms with E-state index in [0.29, 0.717) is 11.1 Å². The number of hydrogen-bond donors (Lipinski definition) is 3. The molecule has 0 aliphatic heterocycles. The summed E-state index contributed by atoms with van der Waals surface area (Å²) < 4.78 is 0. The molecule has 17 heavy (non-hydrogen) atoms. The van der Waals surface area contributed by atoms with Gasteiger partial charge in [-0.15, -0.1) is 11.6 Å². The van der Waals surface area contributed by atoms with Crippen LogP contribution in [0.5, 0.6) is 5.75 Å². The van der Waals surface area contributed by atoms with Crippen molar-refractivity contribution in [3.05, 3.63) is 28.8 Å². The molecule has 0 radical (unpaired) electrons. The molecule has 0 amide bonds. The summed E-state index contributed by atoms with van der Waals surface area (Å²) >= 11 is 5.44. The highest BCUT2D eigenvalue weighted by atomic mass is 35.5. The van der Waals surface area contributed by atoms with E-state index >= 15 is 0 Å². The summed E-state index contributed by atoms with van der Waals surface area (Å²) in [5, 5.41) is 28.9. The number of carbonyl (C=O) groups is 1. The Morgan fingerprint density at radius 1 is 1.41 bits per heavy atom. The topological polar surface area (TPSA) is 77.8 Å². The Morgan fingerprint density at radius 2 is 2.00 bits per heavy atom. The van der Waals surface area contributed by atoms with Gasteiger partial charge < -0.3 is 15.3 Å². The second-order valence-corrected chi connectivity index (χ2v) is 4.26. The minimum absolute atomic E-state index is 0.115. The number of aromatic hydroxyl groups is 1. The van der Waals surface area contributed by atoms with Gasteiger partial charge >= 0.3 is 0 Å². The van der Waals surface area contributed by atoms with Crippen LogP contribution in [0.1, 0.15) is 34.5 Å². The molecular formula is C12H15ClO4. The van der Waals surface area contributed by atoms with Crippen molar-refractivity contribution in [1.29, 1.82) is 0 Å². The summed E-state index contributed by atoms with van der Waals surface area (Å²) in [6.45, 7) is 3.03. The van der Waals surface area contributed by atoms with Crippen molar-refractivity contribution in [3.8, 4) is 5.75 Å². The first-order valence-electron chi connectivity index (χ1n) is 5.15. The lowest BCUT2D eigenvalue weighted by Gasteiger charge is -2.19. The van der Waals surface area contributed by atoms with Gasteiger partial charge in [-0.25, -0.2) is 0 Å². The normalized spacial score (nSPS) is 14.4. The third-order valence-corrected chi connectivity index (χ3v) is 2.92. The van der Waals surface area contributed by atoms with Crippen LogP contribution in [0.2, 0.25) is 0 Å². The van der Waals surface area contributed by atoms with Crippen LogP contribution in [0.3, 0.4) is 0 Å². The van der Waals surface area contributed by atoms with Crippen LogP contribution >= 0.6 is 11.6 Å². The third-order valence-electron chi connectivity index (χ3n) is 2.60. The fourth-order valence-electron chi connectivity index (χ4n) is 1.60. The summed E-state index contributed by atoms with van der Waals surface area (Å²) in [7, 11) is 0. The highest BCUT2D eigenvalue weighted by Gasteiger charge is 2.21. The number of halogens is 1. The van der Waals surface area contributed by atoms with Gasteiger partial charge in [0.25, 0.3) is 0 Å². The Hall–Kier alpha value is -1.10. The number of alkyl halides is 1. The fourth-order valence-corrected chi connectivity index (χ4v) is 1.77. The molecule has 1 rings (SSSR count). The SMILES string of the molecule is CC(=O)c1cc(C)c(C(O)C(O)CCl)cc1O. The molecule has 0 spiro atoms. The number of hydrogen-bond acceptors (Lipinski definition) is 4. The number of ketones is 1. The average molecular weight is 259 g/mol. The summed E-state index contributed by atoms with van der Waals surface area (Å²) in [5.74, 6) is -0.584. The molecular weight excluding hydrogens is 244 g/mol. The molecule has 0 fully saturated rings. The number of carbonyl (C=O) groups excluding carboxylic acids is 1. The Balaban J connectivity index is 3.20. The minimum Gasteiger partial charge on any atom is -0.507 e. The zero-order valence-corrected chi connectivity index (χ0v) is 10.4. The first kappa shape index (κ1) is 14.0. The van der Waals surface area contributed by atoms with Gasteiger partial charge in [0, 0.05) is 0 Å². The number of aliphatic hydroxyl groups excluding tert-OH is 2. The van der Waals surface area contributed by atoms with Crippen molar-refractivity contribution >= 4 is 17.4 Å². The van der Waals surface area contributed by atoms with E-state index < -0.39 is 12.2 Å². The Bertz CT molecular complexity index is 431. The van der Waals surface area contributed by atoms with Gasteiger partial charge in [0.1, 0.15) is 11.9 Å². The molecule has 1 aromatic carbocycles. The van der Waals surface area contributed by atoms with Gasteiger partial charge in [-0.3, -0.25) is 4.79 Å². The van der Waals surface area contributed by atoms with Gasteiger partial charge in [0.15, 0.2) is 5.78 Å². The van der Waals surface area contributed by atoms with E-state index in [9.17, 15) is 20.1 Å². The molecule has 0 bridgehead atoms. The number of aliphatic hydroxyl groups is 2. The smallest absolute Gasteiger partial charge is 0.163 e. The van der Waals surface area contributed by atoms with Gasteiger partial charge in [0.05, 0.1) is 17.5 Å². The zero-order valence-electron chi connectivity index (χ0n) is 9.64. The van der Waals surface area contributed by atoms with Crippen molar-refractivity contribution in [2.24, 2.45) is 0 Å². The molecule has 2 atom stereocenters. The molecule has 3 N–H and O–H groups in total. The largest absolute Gasteiger partial charge is 0.507 e. The first-order chi connectivity index (χ1) is 7.88. The summed E-state index contributed by atoms with van der Waals surface area (Å²) in [6, 6.07) is 2.77. The molecule has 0 saturated heterocycles. The van der Waals surface area contributed by atoms with Crippen LogP contribution in [-0.2, 0) is 0 Å². The lowest BCUT2D eigenvalue weighted by molar-refractivity contribution is 0.0322. The molecule has 2 unspecified atom stereocenters. The van der Waals surface area contributed by atoms with Gasteiger partial charge in [-0.1, -0.05) is 0 Å². The lowest BCUT2D eigenvalue weighted by Crippen LogP contribution is -2.20. The monoisotopic (exact) mass is 258 g/mol. The van der Waals surface area contributed by atoms with Crippen LogP contribution in [0.15, 0.2) is 12.1 Å². The molecule has 0 aliphatic carbocycles. The second kappa shape index (κ2) is 5.49. The number of rotatable bonds is 4. The van der Waals surface area contributed by atoms with Crippen molar-refractivity contribution in [1.82, 2.24) is 0 Å². The fraction of sp³-hybridized carbons (Fsp3) is 0.417. The third kappa shape index (κ3) is 2.97. The molecule has 0 aliphatic rings. The minimum atomic E-state index is -1.18. The van der Waals surface area contributed by atoms with Crippen molar-refractivity contribution in [3.63, 3.8) is 0 Å². The number of aryl methyl sites for hydroxylation is 1. The molecule has 5 heteroatoms. The number of Topliss-reactive ketones (excluding diaryl/α,β-unsaturated/α-hetero) is 1. The van der Waals surface area contributed by atoms with E-state index in [1.54, 1.807) is 6.92 Å². The summed E-state index contributed by atoms with van der Waals surface area (Å²) in [5.41, 5.74) is 1.17. The number of phenols is 1. The number of phenolic OH excluding ortho intramolecular Hbond substituents is 1. The Morgan fingerprint density at radius 3 is 2.47 bits per heavy atom. The molecule has 0 heterocycles. The van der Waals surface area contributed by atoms with Gasteiger partial charge in [0.2, 0.25) is 0 Å². The maximum absolute atomic E-state index is 11.2. The predicted octanol–water partition coefficient (Wildman–Crippen LogP) is 1.54. The quantitative estimate of drug-likeness (QED) is 0.565. The van der Waals surface area contributed by atoms with E-state index in [1.165, 1.54) is 19.1 Å². The average Bonchev–Trinajstić information content (AvgIpc) is 2.29. The molecule has 4 nitrogen and oxygen atoms in total. The molecule has 94 valence electrons. The molecule has 1 aromatic rings. The van der Waals surface area contributed by atoms with Crippen LogP contribution in [0.25, 0.3) is 0 Å². The van der Waals surface area contributed by atoms with E-state index in [-0.39, 0.29) is 23.0 Å². The predicted molar refractivity (Wildman–Crippen MR) is 64.5 cm³/mol. The van der Waals surface area contributed by atoms with Crippen molar-refractivity contribution in [2.45, 2.75) is 26.1 Å². The van der Waals surface area contributed by atoms with Crippen LogP contribution in [-0.4, -0.2) is 33.1 Å². The van der Waals surface area contributed by atoms with E-state index in [4.69, 9.17) is 11.6 Å². The van der Waals surface area contributed by atoms with Crippen LogP contribution in [0.4, 0.5) is 0 Å². The van der Waals surface area contributed by atoms with Crippen molar-refractivity contribution < 1.29 is 20.1 Å². The Kier molecular flexibility index (Phi) is 4.51. The summed E-state index contributed by atoms with van der Waals surface area (Å²) in [4.78, 5) is 11.2. The van der Waals surface area contributed by atoms with E-state index in [2.05, 4.69) is 0 Å².